The predicted molar refractivity (Wildman–Crippen MR) is 118 cm³/mol. The molecule has 2 rings (SSSR count). The molecule has 5 nitrogen and oxygen atoms in total. The second kappa shape index (κ2) is 13.2. The van der Waals surface area contributed by atoms with E-state index in [1.807, 2.05) is 51.1 Å². The maximum Gasteiger partial charge on any atom is 0.225 e. The molecule has 0 bridgehead atoms. The molecule has 0 radical (unpaired) electrons. The van der Waals surface area contributed by atoms with Crippen LogP contribution in [0.1, 0.15) is 53.9 Å². The summed E-state index contributed by atoms with van der Waals surface area (Å²) < 4.78 is 3.38. The van der Waals surface area contributed by atoms with Gasteiger partial charge in [-0.25, -0.2) is 10.0 Å². The molecule has 1 unspecified atom stereocenters. The summed E-state index contributed by atoms with van der Waals surface area (Å²) in [7, 11) is 0. The minimum absolute atomic E-state index is 0.344. The van der Waals surface area contributed by atoms with Crippen LogP contribution in [0.15, 0.2) is 32.2 Å². The minimum atomic E-state index is 0.344. The highest BCUT2D eigenvalue weighted by molar-refractivity contribution is 8.02. The topological polar surface area (TPSA) is 52.0 Å². The molecule has 0 aromatic heterocycles. The number of nitrogens with one attached hydrogen (secondary N) is 2. The smallest absolute Gasteiger partial charge is 0.225 e. The van der Waals surface area contributed by atoms with E-state index in [4.69, 9.17) is 16.6 Å². The number of allylic oxidation sites excluding steroid dienone is 3. The maximum absolute atomic E-state index is 6.18. The van der Waals surface area contributed by atoms with Gasteiger partial charge in [0.25, 0.3) is 0 Å². The van der Waals surface area contributed by atoms with Gasteiger partial charge in [0.1, 0.15) is 0 Å². The van der Waals surface area contributed by atoms with Crippen molar-refractivity contribution >= 4 is 35.7 Å². The largest absolute Gasteiger partial charge is 0.317 e. The molecule has 0 amide bonds. The van der Waals surface area contributed by atoms with E-state index in [9.17, 15) is 0 Å². The van der Waals surface area contributed by atoms with Crippen LogP contribution in [-0.4, -0.2) is 42.9 Å². The highest BCUT2D eigenvalue weighted by atomic mass is 35.5. The number of piperidine rings is 1. The average molecular weight is 400 g/mol. The fourth-order valence-corrected chi connectivity index (χ4v) is 3.48. The average Bonchev–Trinajstić information content (AvgIpc) is 3.15. The third-order valence-corrected chi connectivity index (χ3v) is 5.38. The number of hydrogen-bond donors (Lipinski definition) is 2. The van der Waals surface area contributed by atoms with E-state index < -0.39 is 0 Å². The second-order valence-corrected chi connectivity index (χ2v) is 7.47. The molecule has 0 saturated carbocycles. The zero-order valence-electron chi connectivity index (χ0n) is 16.8. The van der Waals surface area contributed by atoms with Crippen molar-refractivity contribution < 1.29 is 0 Å². The summed E-state index contributed by atoms with van der Waals surface area (Å²) in [6, 6.07) is 0.344. The van der Waals surface area contributed by atoms with Crippen LogP contribution in [0.4, 0.5) is 0 Å². The van der Waals surface area contributed by atoms with Crippen LogP contribution >= 0.6 is 23.5 Å². The second-order valence-electron chi connectivity index (χ2n) is 6.05. The number of hydrazone groups is 1. The fourth-order valence-electron chi connectivity index (χ4n) is 2.59. The minimum Gasteiger partial charge on any atom is -0.317 e. The van der Waals surface area contributed by atoms with Gasteiger partial charge in [0.2, 0.25) is 5.96 Å². The Bertz CT molecular complexity index is 520. The van der Waals surface area contributed by atoms with Gasteiger partial charge < -0.3 is 5.32 Å². The van der Waals surface area contributed by atoms with Crippen molar-refractivity contribution in [3.63, 3.8) is 0 Å². The predicted octanol–water partition coefficient (Wildman–Crippen LogP) is 4.73. The SMILES string of the molecule is C/C=C\C(SNC(=NC1CCNCC1)N1CC(CC)C=N1)=C(/C)Cl.CC. The van der Waals surface area contributed by atoms with Crippen LogP contribution in [0.2, 0.25) is 0 Å². The van der Waals surface area contributed by atoms with E-state index in [0.29, 0.717) is 12.0 Å². The summed E-state index contributed by atoms with van der Waals surface area (Å²) in [5.41, 5.74) is 0. The standard InChI is InChI=1S/C17H28ClN5S.C2H6/c1-4-6-16(13(3)18)24-22-17(21-15-7-9-19-10-8-15)23-12-14(5-2)11-20-23;1-2/h4,6,11,14-15,19H,5,7-10,12H2,1-3H3,(H,21,22);1-2H3/b6-4-,16-13-;. The number of hydrogen-bond acceptors (Lipinski definition) is 4. The monoisotopic (exact) mass is 399 g/mol. The van der Waals surface area contributed by atoms with Crippen LogP contribution in [0.5, 0.6) is 0 Å². The molecule has 0 aromatic carbocycles. The van der Waals surface area contributed by atoms with E-state index in [-0.39, 0.29) is 0 Å². The molecule has 2 N–H and O–H groups in total. The molecule has 1 atom stereocenters. The molecule has 7 heteroatoms. The highest BCUT2D eigenvalue weighted by Crippen LogP contribution is 2.22. The first-order valence-electron chi connectivity index (χ1n) is 9.66. The van der Waals surface area contributed by atoms with E-state index in [0.717, 1.165) is 54.8 Å². The van der Waals surface area contributed by atoms with Crippen LogP contribution in [0.3, 0.4) is 0 Å². The number of rotatable bonds is 5. The maximum atomic E-state index is 6.18. The van der Waals surface area contributed by atoms with Gasteiger partial charge in [0.15, 0.2) is 0 Å². The van der Waals surface area contributed by atoms with Crippen molar-refractivity contribution in [3.8, 4) is 0 Å². The summed E-state index contributed by atoms with van der Waals surface area (Å²) in [5.74, 6) is 1.33. The molecule has 0 aliphatic carbocycles. The van der Waals surface area contributed by atoms with Gasteiger partial charge >= 0.3 is 0 Å². The van der Waals surface area contributed by atoms with Crippen LogP contribution in [-0.2, 0) is 0 Å². The number of aliphatic imine (C=N–C) groups is 1. The van der Waals surface area contributed by atoms with Gasteiger partial charge in [0, 0.05) is 22.1 Å². The Morgan fingerprint density at radius 1 is 1.42 bits per heavy atom. The first-order valence-corrected chi connectivity index (χ1v) is 10.9. The molecule has 26 heavy (non-hydrogen) atoms. The van der Waals surface area contributed by atoms with Crippen LogP contribution in [0.25, 0.3) is 0 Å². The number of halogens is 1. The quantitative estimate of drug-likeness (QED) is 0.303. The Balaban J connectivity index is 0.00000163. The normalized spacial score (nSPS) is 22.3. The molecule has 1 fully saturated rings. The molecular formula is C19H34ClN5S. The van der Waals surface area contributed by atoms with Gasteiger partial charge in [-0.15, -0.1) is 0 Å². The zero-order valence-corrected chi connectivity index (χ0v) is 18.3. The Kier molecular flexibility index (Phi) is 11.7. The molecule has 148 valence electrons. The summed E-state index contributed by atoms with van der Waals surface area (Å²) in [6.45, 7) is 13.0. The van der Waals surface area contributed by atoms with Gasteiger partial charge in [0.05, 0.1) is 12.6 Å². The van der Waals surface area contributed by atoms with Crippen molar-refractivity contribution in [2.75, 3.05) is 19.6 Å². The van der Waals surface area contributed by atoms with Crippen molar-refractivity contribution in [1.29, 1.82) is 0 Å². The van der Waals surface area contributed by atoms with Crippen molar-refractivity contribution in [2.45, 2.75) is 59.9 Å². The molecule has 0 spiro atoms. The third kappa shape index (κ3) is 7.72. The lowest BCUT2D eigenvalue weighted by molar-refractivity contribution is 0.414. The first kappa shape index (κ1) is 23.1. The Morgan fingerprint density at radius 3 is 2.65 bits per heavy atom. The molecule has 0 aromatic rings. The lowest BCUT2D eigenvalue weighted by atomic mass is 10.1. The third-order valence-electron chi connectivity index (χ3n) is 4.12. The first-order chi connectivity index (χ1) is 12.6. The summed E-state index contributed by atoms with van der Waals surface area (Å²) in [4.78, 5) is 5.94. The lowest BCUT2D eigenvalue weighted by Crippen LogP contribution is -2.38. The van der Waals surface area contributed by atoms with Gasteiger partial charge in [-0.2, -0.15) is 5.10 Å². The van der Waals surface area contributed by atoms with Gasteiger partial charge in [-0.05, 0) is 64.2 Å². The van der Waals surface area contributed by atoms with E-state index in [1.165, 1.54) is 11.9 Å². The zero-order chi connectivity index (χ0) is 19.4. The Labute approximate surface area is 168 Å². The van der Waals surface area contributed by atoms with Gasteiger partial charge in [-0.3, -0.25) is 4.72 Å². The number of guanidine groups is 1. The summed E-state index contributed by atoms with van der Waals surface area (Å²) in [6.07, 6.45) is 9.25. The van der Waals surface area contributed by atoms with Crippen molar-refractivity contribution in [3.05, 3.63) is 22.1 Å². The van der Waals surface area contributed by atoms with Gasteiger partial charge in [-0.1, -0.05) is 38.4 Å². The Morgan fingerprint density at radius 2 is 2.12 bits per heavy atom. The van der Waals surface area contributed by atoms with E-state index in [2.05, 4.69) is 22.1 Å². The molecule has 1 saturated heterocycles. The highest BCUT2D eigenvalue weighted by Gasteiger charge is 2.22. The summed E-state index contributed by atoms with van der Waals surface area (Å²) in [5, 5.41) is 10.7. The van der Waals surface area contributed by atoms with Crippen LogP contribution < -0.4 is 10.0 Å². The van der Waals surface area contributed by atoms with E-state index in [1.54, 1.807) is 0 Å². The fraction of sp³-hybridized carbons (Fsp3) is 0.684. The van der Waals surface area contributed by atoms with Crippen molar-refractivity contribution in [1.82, 2.24) is 15.0 Å². The van der Waals surface area contributed by atoms with E-state index >= 15 is 0 Å². The Hall–Kier alpha value is -0.980. The summed E-state index contributed by atoms with van der Waals surface area (Å²) >= 11 is 7.67. The van der Waals surface area contributed by atoms with Crippen LogP contribution in [0, 0.1) is 5.92 Å². The molecule has 2 aliphatic heterocycles. The number of nitrogens with zero attached hydrogens (tertiary/aromatic N) is 3. The molecule has 2 heterocycles. The molecular weight excluding hydrogens is 366 g/mol. The van der Waals surface area contributed by atoms with Crippen molar-refractivity contribution in [2.24, 2.45) is 16.0 Å². The lowest BCUT2D eigenvalue weighted by Gasteiger charge is -2.24. The molecule has 2 aliphatic rings.